The summed E-state index contributed by atoms with van der Waals surface area (Å²) in [6, 6.07) is 7.73. The van der Waals surface area contributed by atoms with Crippen LogP contribution in [-0.4, -0.2) is 34.5 Å². The quantitative estimate of drug-likeness (QED) is 0.815. The number of aryl methyl sites for hydroxylation is 1. The number of hydrogen-bond acceptors (Lipinski definition) is 3. The molecule has 5 heteroatoms. The van der Waals surface area contributed by atoms with Crippen molar-refractivity contribution in [2.75, 3.05) is 7.05 Å². The normalized spacial score (nSPS) is 14.3. The fourth-order valence-electron chi connectivity index (χ4n) is 2.61. The number of carbonyl (C=O) groups excluding carboxylic acids is 2. The van der Waals surface area contributed by atoms with Crippen LogP contribution in [0.15, 0.2) is 30.5 Å². The smallest absolute Gasteiger partial charge is 0.411 e. The molecule has 0 radical (unpaired) electrons. The lowest BCUT2D eigenvalue weighted by molar-refractivity contribution is -0.117. The number of likely N-dealkylation sites (N-methyl/N-ethyl adjacent to an activating group) is 1. The van der Waals surface area contributed by atoms with E-state index in [0.29, 0.717) is 0 Å². The van der Waals surface area contributed by atoms with Gasteiger partial charge < -0.3 is 14.1 Å². The van der Waals surface area contributed by atoms with Gasteiger partial charge in [-0.25, -0.2) is 4.79 Å². The molecular formula is C18H24N2O3. The summed E-state index contributed by atoms with van der Waals surface area (Å²) < 4.78 is 7.37. The van der Waals surface area contributed by atoms with Crippen molar-refractivity contribution >= 4 is 23.3 Å². The number of ether oxygens (including phenoxy) is 1. The maximum atomic E-state index is 12.4. The number of carbonyl (C=O) groups is 2. The van der Waals surface area contributed by atoms with Crippen LogP contribution in [0.5, 0.6) is 0 Å². The molecule has 2 rings (SSSR count). The van der Waals surface area contributed by atoms with Crippen LogP contribution in [0.1, 0.15) is 33.3 Å². The number of fused-ring (bicyclic) bond motifs is 1. The van der Waals surface area contributed by atoms with Crippen LogP contribution in [0.2, 0.25) is 0 Å². The molecule has 0 aliphatic rings. The van der Waals surface area contributed by atoms with E-state index in [2.05, 4.69) is 0 Å². The van der Waals surface area contributed by atoms with Crippen LogP contribution in [-0.2, 0) is 22.1 Å². The third-order valence-electron chi connectivity index (χ3n) is 4.04. The van der Waals surface area contributed by atoms with Crippen LogP contribution in [0, 0.1) is 0 Å². The van der Waals surface area contributed by atoms with Crippen LogP contribution >= 0.6 is 0 Å². The second-order valence-electron chi connectivity index (χ2n) is 6.97. The Morgan fingerprint density at radius 1 is 1.22 bits per heavy atom. The zero-order valence-electron chi connectivity index (χ0n) is 14.6. The van der Waals surface area contributed by atoms with Crippen molar-refractivity contribution in [1.82, 2.24) is 9.47 Å². The van der Waals surface area contributed by atoms with E-state index in [-0.39, 0.29) is 0 Å². The summed E-state index contributed by atoms with van der Waals surface area (Å²) in [5.41, 5.74) is -0.0385. The largest absolute Gasteiger partial charge is 0.444 e. The fourth-order valence-corrected chi connectivity index (χ4v) is 2.61. The monoisotopic (exact) mass is 316 g/mol. The molecule has 0 aliphatic carbocycles. The van der Waals surface area contributed by atoms with Crippen LogP contribution in [0.25, 0.3) is 10.9 Å². The Bertz CT molecular complexity index is 742. The topological polar surface area (TPSA) is 51.5 Å². The zero-order chi connectivity index (χ0) is 17.4. The Kier molecular flexibility index (Phi) is 4.24. The van der Waals surface area contributed by atoms with Crippen LogP contribution < -0.4 is 0 Å². The highest BCUT2D eigenvalue weighted by atomic mass is 16.6. The van der Waals surface area contributed by atoms with E-state index < -0.39 is 17.2 Å². The van der Waals surface area contributed by atoms with Crippen molar-refractivity contribution in [2.24, 2.45) is 7.05 Å². The lowest BCUT2D eigenvalue weighted by atomic mass is 9.90. The highest BCUT2D eigenvalue weighted by Gasteiger charge is 2.38. The lowest BCUT2D eigenvalue weighted by Crippen LogP contribution is -2.48. The van der Waals surface area contributed by atoms with Gasteiger partial charge >= 0.3 is 6.09 Å². The first-order chi connectivity index (χ1) is 10.6. The van der Waals surface area contributed by atoms with Gasteiger partial charge in [0.05, 0.1) is 5.52 Å². The molecule has 1 unspecified atom stereocenters. The number of nitrogens with zero attached hydrogens (tertiary/aromatic N) is 2. The molecule has 2 aromatic rings. The van der Waals surface area contributed by atoms with Crippen molar-refractivity contribution in [1.29, 1.82) is 0 Å². The summed E-state index contributed by atoms with van der Waals surface area (Å²) in [6.45, 7) is 7.13. The van der Waals surface area contributed by atoms with Crippen molar-refractivity contribution in [2.45, 2.75) is 38.8 Å². The van der Waals surface area contributed by atoms with Crippen LogP contribution in [0.3, 0.4) is 0 Å². The van der Waals surface area contributed by atoms with Crippen molar-refractivity contribution < 1.29 is 14.3 Å². The number of aldehydes is 1. The molecule has 5 nitrogen and oxygen atoms in total. The Hall–Kier alpha value is -2.30. The second kappa shape index (κ2) is 5.72. The van der Waals surface area contributed by atoms with Gasteiger partial charge in [0, 0.05) is 25.9 Å². The zero-order valence-corrected chi connectivity index (χ0v) is 14.6. The number of para-hydroxylation sites is 1. The van der Waals surface area contributed by atoms with Gasteiger partial charge in [0.2, 0.25) is 0 Å². The summed E-state index contributed by atoms with van der Waals surface area (Å²) in [7, 11) is 3.51. The summed E-state index contributed by atoms with van der Waals surface area (Å²) >= 11 is 0. The van der Waals surface area contributed by atoms with E-state index in [4.69, 9.17) is 4.74 Å². The molecule has 0 saturated heterocycles. The third kappa shape index (κ3) is 3.09. The second-order valence-corrected chi connectivity index (χ2v) is 6.97. The minimum atomic E-state index is -1.12. The molecular weight excluding hydrogens is 292 g/mol. The van der Waals surface area contributed by atoms with E-state index in [0.717, 1.165) is 22.8 Å². The summed E-state index contributed by atoms with van der Waals surface area (Å²) in [6.07, 6.45) is 2.20. The van der Waals surface area contributed by atoms with Gasteiger partial charge in [0.25, 0.3) is 0 Å². The maximum Gasteiger partial charge on any atom is 0.411 e. The number of benzene rings is 1. The Morgan fingerprint density at radius 2 is 1.87 bits per heavy atom. The van der Waals surface area contributed by atoms with E-state index in [1.807, 2.05) is 42.1 Å². The van der Waals surface area contributed by atoms with E-state index in [1.165, 1.54) is 4.90 Å². The fraction of sp³-hybridized carbons (Fsp3) is 0.444. The third-order valence-corrected chi connectivity index (χ3v) is 4.04. The molecule has 0 N–H and O–H groups in total. The molecule has 0 fully saturated rings. The lowest BCUT2D eigenvalue weighted by Gasteiger charge is -2.36. The SMILES string of the molecule is CN(C(=O)OC(C)(C)C)C(C)(C=O)c1cccc2ccn(C)c12. The van der Waals surface area contributed by atoms with Crippen LogP contribution in [0.4, 0.5) is 4.79 Å². The summed E-state index contributed by atoms with van der Waals surface area (Å²) in [4.78, 5) is 25.7. The number of amides is 1. The summed E-state index contributed by atoms with van der Waals surface area (Å²) in [5, 5.41) is 1.02. The Morgan fingerprint density at radius 3 is 2.43 bits per heavy atom. The van der Waals surface area contributed by atoms with Gasteiger partial charge in [-0.2, -0.15) is 0 Å². The predicted octanol–water partition coefficient (Wildman–Crippen LogP) is 3.46. The molecule has 0 spiro atoms. The molecule has 1 heterocycles. The molecule has 23 heavy (non-hydrogen) atoms. The van der Waals surface area contributed by atoms with Gasteiger partial charge in [-0.05, 0) is 39.1 Å². The number of hydrogen-bond donors (Lipinski definition) is 0. The van der Waals surface area contributed by atoms with E-state index in [1.54, 1.807) is 34.7 Å². The molecule has 1 aromatic heterocycles. The standard InChI is InChI=1S/C18H24N2O3/c1-17(2,3)23-16(22)20(6)18(4,12-21)14-9-7-8-13-10-11-19(5)15(13)14/h7-12H,1-6H3. The van der Waals surface area contributed by atoms with Gasteiger partial charge in [-0.1, -0.05) is 18.2 Å². The van der Waals surface area contributed by atoms with Crippen molar-refractivity contribution in [3.63, 3.8) is 0 Å². The van der Waals surface area contributed by atoms with Gasteiger partial charge in [-0.15, -0.1) is 0 Å². The first kappa shape index (κ1) is 17.1. The summed E-state index contributed by atoms with van der Waals surface area (Å²) in [5.74, 6) is 0. The molecule has 1 atom stereocenters. The number of aromatic nitrogens is 1. The van der Waals surface area contributed by atoms with E-state index >= 15 is 0 Å². The van der Waals surface area contributed by atoms with E-state index in [9.17, 15) is 9.59 Å². The minimum Gasteiger partial charge on any atom is -0.444 e. The number of rotatable bonds is 3. The molecule has 124 valence electrons. The Labute approximate surface area is 136 Å². The molecule has 0 bridgehead atoms. The molecule has 0 aliphatic heterocycles. The van der Waals surface area contributed by atoms with Gasteiger partial charge in [0.15, 0.2) is 0 Å². The predicted molar refractivity (Wildman–Crippen MR) is 90.3 cm³/mol. The average Bonchev–Trinajstić information content (AvgIpc) is 2.85. The molecule has 1 aromatic carbocycles. The highest BCUT2D eigenvalue weighted by molar-refractivity contribution is 5.89. The first-order valence-electron chi connectivity index (χ1n) is 7.58. The maximum absolute atomic E-state index is 12.4. The Balaban J connectivity index is 2.53. The van der Waals surface area contributed by atoms with Gasteiger partial charge in [-0.3, -0.25) is 4.90 Å². The van der Waals surface area contributed by atoms with Gasteiger partial charge in [0.1, 0.15) is 17.4 Å². The minimum absolute atomic E-state index is 0.529. The average molecular weight is 316 g/mol. The highest BCUT2D eigenvalue weighted by Crippen LogP contribution is 2.32. The first-order valence-corrected chi connectivity index (χ1v) is 7.58. The van der Waals surface area contributed by atoms with Crippen molar-refractivity contribution in [3.05, 3.63) is 36.0 Å². The van der Waals surface area contributed by atoms with Crippen molar-refractivity contribution in [3.8, 4) is 0 Å². The molecule has 0 saturated carbocycles. The molecule has 1 amide bonds.